The van der Waals surface area contributed by atoms with E-state index in [4.69, 9.17) is 0 Å². The molecule has 2 aromatic rings. The van der Waals surface area contributed by atoms with Crippen LogP contribution in [0.4, 0.5) is 5.69 Å². The Labute approximate surface area is 146 Å². The maximum atomic E-state index is 12.1. The zero-order valence-corrected chi connectivity index (χ0v) is 13.9. The van der Waals surface area contributed by atoms with Crippen LogP contribution < -0.4 is 5.32 Å². The molecule has 0 saturated carbocycles. The molecule has 0 spiro atoms. The van der Waals surface area contributed by atoms with Crippen molar-refractivity contribution in [3.05, 3.63) is 60.4 Å². The first-order valence-electron chi connectivity index (χ1n) is 8.31. The average molecular weight is 339 g/mol. The third-order valence-electron chi connectivity index (χ3n) is 4.68. The Morgan fingerprint density at radius 1 is 1.20 bits per heavy atom. The molecule has 6 heteroatoms. The fraction of sp³-hybridized carbons (Fsp3) is 0.316. The summed E-state index contributed by atoms with van der Waals surface area (Å²) in [6, 6.07) is 12.9. The Balaban J connectivity index is 1.58. The maximum Gasteiger partial charge on any atom is 0.315 e. The van der Waals surface area contributed by atoms with Crippen molar-refractivity contribution in [3.8, 4) is 0 Å². The fourth-order valence-corrected chi connectivity index (χ4v) is 3.29. The van der Waals surface area contributed by atoms with Crippen molar-refractivity contribution in [2.45, 2.75) is 18.3 Å². The molecule has 1 atom stereocenters. The lowest BCUT2D eigenvalue weighted by molar-refractivity contribution is -0.143. The lowest BCUT2D eigenvalue weighted by Gasteiger charge is -2.25. The van der Waals surface area contributed by atoms with Crippen LogP contribution in [0, 0.1) is 0 Å². The predicted molar refractivity (Wildman–Crippen MR) is 94.3 cm³/mol. The van der Waals surface area contributed by atoms with Crippen LogP contribution >= 0.6 is 0 Å². The van der Waals surface area contributed by atoms with E-state index >= 15 is 0 Å². The maximum absolute atomic E-state index is 12.1. The average Bonchev–Trinajstić information content (AvgIpc) is 3.07. The number of benzene rings is 1. The highest BCUT2D eigenvalue weighted by Gasteiger charge is 2.46. The first kappa shape index (κ1) is 17.1. The molecule has 0 radical (unpaired) electrons. The molecule has 6 nitrogen and oxygen atoms in total. The number of amides is 1. The van der Waals surface area contributed by atoms with Crippen molar-refractivity contribution >= 4 is 17.6 Å². The van der Waals surface area contributed by atoms with Crippen LogP contribution in [0.5, 0.6) is 0 Å². The molecule has 1 saturated heterocycles. The van der Waals surface area contributed by atoms with Gasteiger partial charge < -0.3 is 15.3 Å². The van der Waals surface area contributed by atoms with Crippen LogP contribution in [0.2, 0.25) is 0 Å². The molecule has 1 aliphatic heterocycles. The van der Waals surface area contributed by atoms with Gasteiger partial charge in [-0.2, -0.15) is 0 Å². The third kappa shape index (κ3) is 3.85. The highest BCUT2D eigenvalue weighted by atomic mass is 16.4. The molecule has 1 amide bonds. The van der Waals surface area contributed by atoms with Gasteiger partial charge in [0.05, 0.1) is 11.9 Å². The number of anilines is 1. The molecule has 1 aromatic carbocycles. The minimum atomic E-state index is -0.888. The number of nitrogens with one attached hydrogen (secondary N) is 1. The molecule has 1 fully saturated rings. The molecule has 25 heavy (non-hydrogen) atoms. The number of rotatable bonds is 6. The summed E-state index contributed by atoms with van der Waals surface area (Å²) in [4.78, 5) is 30.0. The number of carboxylic acids is 1. The quantitative estimate of drug-likeness (QED) is 0.842. The van der Waals surface area contributed by atoms with Crippen LogP contribution in [0.3, 0.4) is 0 Å². The Morgan fingerprint density at radius 2 is 2.00 bits per heavy atom. The van der Waals surface area contributed by atoms with Gasteiger partial charge in [0.1, 0.15) is 5.41 Å². The van der Waals surface area contributed by atoms with Crippen LogP contribution in [0.1, 0.15) is 18.4 Å². The number of aliphatic carboxylic acids is 1. The monoisotopic (exact) mass is 339 g/mol. The van der Waals surface area contributed by atoms with E-state index in [1.165, 1.54) is 0 Å². The van der Waals surface area contributed by atoms with Crippen molar-refractivity contribution in [2.24, 2.45) is 0 Å². The molecule has 0 bridgehead atoms. The van der Waals surface area contributed by atoms with E-state index in [0.29, 0.717) is 38.2 Å². The van der Waals surface area contributed by atoms with Crippen LogP contribution in [-0.4, -0.2) is 46.5 Å². The first-order valence-corrected chi connectivity index (χ1v) is 8.31. The second-order valence-corrected chi connectivity index (χ2v) is 6.32. The number of nitrogens with zero attached hydrogens (tertiary/aromatic N) is 2. The molecule has 2 N–H and O–H groups in total. The van der Waals surface area contributed by atoms with Gasteiger partial charge in [0.2, 0.25) is 5.91 Å². The Kier molecular flexibility index (Phi) is 5.09. The number of pyridine rings is 1. The summed E-state index contributed by atoms with van der Waals surface area (Å²) in [7, 11) is 0. The van der Waals surface area contributed by atoms with Crippen LogP contribution in [-0.2, 0) is 15.0 Å². The molecule has 1 aliphatic rings. The van der Waals surface area contributed by atoms with Gasteiger partial charge in [-0.3, -0.25) is 14.6 Å². The van der Waals surface area contributed by atoms with E-state index in [1.54, 1.807) is 24.5 Å². The van der Waals surface area contributed by atoms with E-state index in [9.17, 15) is 14.7 Å². The van der Waals surface area contributed by atoms with Crippen molar-refractivity contribution in [2.75, 3.05) is 25.0 Å². The van der Waals surface area contributed by atoms with Gasteiger partial charge in [0.15, 0.2) is 0 Å². The van der Waals surface area contributed by atoms with Gasteiger partial charge in [-0.05, 0) is 30.7 Å². The summed E-state index contributed by atoms with van der Waals surface area (Å²) < 4.78 is 0. The molecule has 130 valence electrons. The normalized spacial score (nSPS) is 20.3. The molecular weight excluding hydrogens is 318 g/mol. The minimum absolute atomic E-state index is 0.0967. The second kappa shape index (κ2) is 7.44. The van der Waals surface area contributed by atoms with Gasteiger partial charge in [-0.1, -0.05) is 30.3 Å². The SMILES string of the molecule is O=C(CCN1CCC(C(=O)O)(c2ccccc2)C1)Nc1cccnc1. The van der Waals surface area contributed by atoms with Crippen LogP contribution in [0.25, 0.3) is 0 Å². The smallest absolute Gasteiger partial charge is 0.315 e. The second-order valence-electron chi connectivity index (χ2n) is 6.32. The number of hydrogen-bond donors (Lipinski definition) is 2. The third-order valence-corrected chi connectivity index (χ3v) is 4.68. The zero-order valence-electron chi connectivity index (χ0n) is 13.9. The lowest BCUT2D eigenvalue weighted by Crippen LogP contribution is -2.39. The number of hydrogen-bond acceptors (Lipinski definition) is 4. The Hall–Kier alpha value is -2.73. The van der Waals surface area contributed by atoms with Gasteiger partial charge in [-0.25, -0.2) is 0 Å². The number of carboxylic acid groups (broad SMARTS) is 1. The number of aromatic nitrogens is 1. The van der Waals surface area contributed by atoms with Gasteiger partial charge in [0, 0.05) is 25.7 Å². The van der Waals surface area contributed by atoms with Crippen LogP contribution in [0.15, 0.2) is 54.9 Å². The standard InChI is InChI=1S/C19H21N3O3/c23-17(21-16-7-4-10-20-13-16)8-11-22-12-9-19(14-22,18(24)25)15-5-2-1-3-6-15/h1-7,10,13H,8-9,11-12,14H2,(H,21,23)(H,24,25). The van der Waals surface area contributed by atoms with Gasteiger partial charge in [-0.15, -0.1) is 0 Å². The van der Waals surface area contributed by atoms with Gasteiger partial charge in [0.25, 0.3) is 0 Å². The molecule has 1 unspecified atom stereocenters. The molecular formula is C19H21N3O3. The molecule has 3 rings (SSSR count). The lowest BCUT2D eigenvalue weighted by atomic mass is 9.80. The van der Waals surface area contributed by atoms with Gasteiger partial charge >= 0.3 is 5.97 Å². The summed E-state index contributed by atoms with van der Waals surface area (Å²) in [6.07, 6.45) is 4.11. The molecule has 0 aliphatic carbocycles. The fourth-order valence-electron chi connectivity index (χ4n) is 3.29. The molecule has 2 heterocycles. The summed E-state index contributed by atoms with van der Waals surface area (Å²) in [5.41, 5.74) is 0.601. The zero-order chi connectivity index (χ0) is 17.7. The highest BCUT2D eigenvalue weighted by Crippen LogP contribution is 2.35. The predicted octanol–water partition coefficient (Wildman–Crippen LogP) is 2.14. The summed E-state index contributed by atoms with van der Waals surface area (Å²) in [5, 5.41) is 12.6. The number of likely N-dealkylation sites (tertiary alicyclic amines) is 1. The van der Waals surface area contributed by atoms with Crippen molar-refractivity contribution < 1.29 is 14.7 Å². The Bertz CT molecular complexity index is 736. The molecule has 1 aromatic heterocycles. The van der Waals surface area contributed by atoms with Crippen molar-refractivity contribution in [3.63, 3.8) is 0 Å². The van der Waals surface area contributed by atoms with E-state index in [0.717, 1.165) is 5.56 Å². The van der Waals surface area contributed by atoms with E-state index in [1.807, 2.05) is 35.2 Å². The summed E-state index contributed by atoms with van der Waals surface area (Å²) in [5.74, 6) is -0.901. The largest absolute Gasteiger partial charge is 0.481 e. The van der Waals surface area contributed by atoms with E-state index in [2.05, 4.69) is 10.3 Å². The number of carbonyl (C=O) groups is 2. The summed E-state index contributed by atoms with van der Waals surface area (Å²) in [6.45, 7) is 1.63. The first-order chi connectivity index (χ1) is 12.1. The van der Waals surface area contributed by atoms with E-state index < -0.39 is 11.4 Å². The Morgan fingerprint density at radius 3 is 2.68 bits per heavy atom. The summed E-state index contributed by atoms with van der Waals surface area (Å²) >= 11 is 0. The highest BCUT2D eigenvalue weighted by molar-refractivity contribution is 5.90. The van der Waals surface area contributed by atoms with Crippen molar-refractivity contribution in [1.29, 1.82) is 0 Å². The minimum Gasteiger partial charge on any atom is -0.481 e. The van der Waals surface area contributed by atoms with Crippen molar-refractivity contribution in [1.82, 2.24) is 9.88 Å². The number of carbonyl (C=O) groups excluding carboxylic acids is 1. The topological polar surface area (TPSA) is 82.5 Å². The van der Waals surface area contributed by atoms with E-state index in [-0.39, 0.29) is 5.91 Å².